The number of amides is 1. The Morgan fingerprint density at radius 1 is 1.12 bits per heavy atom. The highest BCUT2D eigenvalue weighted by molar-refractivity contribution is 5.82. The van der Waals surface area contributed by atoms with Gasteiger partial charge in [0.05, 0.1) is 12.1 Å². The molecule has 5 fully saturated rings. The van der Waals surface area contributed by atoms with Crippen LogP contribution < -0.4 is 5.32 Å². The van der Waals surface area contributed by atoms with E-state index in [4.69, 9.17) is 0 Å². The number of hydrogen-bond acceptors (Lipinski definition) is 3. The Kier molecular flexibility index (Phi) is 4.41. The van der Waals surface area contributed by atoms with Crippen LogP contribution >= 0.6 is 0 Å². The van der Waals surface area contributed by atoms with Crippen molar-refractivity contribution in [3.63, 3.8) is 0 Å². The molecule has 0 radical (unpaired) electrons. The number of aliphatic hydroxyl groups excluding tert-OH is 1. The average Bonchev–Trinajstić information content (AvgIpc) is 2.52. The molecular formula is C20H34N2O2. The minimum Gasteiger partial charge on any atom is -0.393 e. The SMILES string of the molecule is CC(O)C1CCCN(C(C)C(=O)NC23CC4CC(CC(C4)C2)C3)C1. The van der Waals surface area contributed by atoms with E-state index in [9.17, 15) is 9.90 Å². The van der Waals surface area contributed by atoms with Gasteiger partial charge in [0, 0.05) is 12.1 Å². The fraction of sp³-hybridized carbons (Fsp3) is 0.950. The van der Waals surface area contributed by atoms with Gasteiger partial charge in [-0.2, -0.15) is 0 Å². The van der Waals surface area contributed by atoms with Gasteiger partial charge in [-0.05, 0) is 95.4 Å². The number of piperidine rings is 1. The highest BCUT2D eigenvalue weighted by Gasteiger charge is 2.51. The second kappa shape index (κ2) is 6.28. The molecule has 0 aromatic carbocycles. The van der Waals surface area contributed by atoms with Crippen molar-refractivity contribution in [3.8, 4) is 0 Å². The third-order valence-corrected chi connectivity index (χ3v) is 7.53. The molecule has 1 heterocycles. The summed E-state index contributed by atoms with van der Waals surface area (Å²) >= 11 is 0. The molecule has 0 aromatic heterocycles. The molecule has 5 aliphatic rings. The number of carbonyl (C=O) groups excluding carboxylic acids is 1. The lowest BCUT2D eigenvalue weighted by atomic mass is 9.53. The summed E-state index contributed by atoms with van der Waals surface area (Å²) in [6.07, 6.45) is 9.77. The third-order valence-electron chi connectivity index (χ3n) is 7.53. The molecule has 5 rings (SSSR count). The minimum atomic E-state index is -0.272. The van der Waals surface area contributed by atoms with Gasteiger partial charge in [-0.1, -0.05) is 0 Å². The summed E-state index contributed by atoms with van der Waals surface area (Å²) < 4.78 is 0. The predicted octanol–water partition coefficient (Wildman–Crippen LogP) is 2.55. The van der Waals surface area contributed by atoms with E-state index in [1.165, 1.54) is 38.5 Å². The second-order valence-electron chi connectivity index (χ2n) is 9.50. The van der Waals surface area contributed by atoms with Crippen molar-refractivity contribution in [3.05, 3.63) is 0 Å². The van der Waals surface area contributed by atoms with Crippen LogP contribution in [0.2, 0.25) is 0 Å². The number of likely N-dealkylation sites (tertiary alicyclic amines) is 1. The van der Waals surface area contributed by atoms with Crippen LogP contribution in [-0.4, -0.2) is 46.7 Å². The standard InChI is InChI=1S/C20H34N2O2/c1-13(22-5-3-4-18(12-22)14(2)23)19(24)21-20-9-15-6-16(10-20)8-17(7-15)11-20/h13-18,23H,3-12H2,1-2H3,(H,21,24). The highest BCUT2D eigenvalue weighted by atomic mass is 16.3. The van der Waals surface area contributed by atoms with E-state index < -0.39 is 0 Å². The zero-order valence-electron chi connectivity index (χ0n) is 15.3. The van der Waals surface area contributed by atoms with Gasteiger partial charge >= 0.3 is 0 Å². The molecule has 0 aromatic rings. The molecule has 3 unspecified atom stereocenters. The Labute approximate surface area is 146 Å². The zero-order valence-corrected chi connectivity index (χ0v) is 15.3. The Morgan fingerprint density at radius 3 is 2.25 bits per heavy atom. The summed E-state index contributed by atoms with van der Waals surface area (Å²) in [6, 6.07) is -0.0699. The highest BCUT2D eigenvalue weighted by Crippen LogP contribution is 2.55. The summed E-state index contributed by atoms with van der Waals surface area (Å²) in [5, 5.41) is 13.4. The van der Waals surface area contributed by atoms with Gasteiger partial charge in [0.15, 0.2) is 0 Å². The van der Waals surface area contributed by atoms with Crippen LogP contribution in [0.1, 0.15) is 65.2 Å². The van der Waals surface area contributed by atoms with Crippen molar-refractivity contribution in [1.29, 1.82) is 0 Å². The van der Waals surface area contributed by atoms with Crippen LogP contribution in [-0.2, 0) is 4.79 Å². The lowest BCUT2D eigenvalue weighted by Gasteiger charge is -2.57. The number of nitrogens with one attached hydrogen (secondary N) is 1. The topological polar surface area (TPSA) is 52.6 Å². The molecule has 1 amide bonds. The zero-order chi connectivity index (χ0) is 16.9. The van der Waals surface area contributed by atoms with Crippen LogP contribution in [0.5, 0.6) is 0 Å². The van der Waals surface area contributed by atoms with Crippen LogP contribution in [0, 0.1) is 23.7 Å². The van der Waals surface area contributed by atoms with E-state index in [-0.39, 0.29) is 23.6 Å². The summed E-state index contributed by atoms with van der Waals surface area (Å²) in [6.45, 7) is 5.78. The largest absolute Gasteiger partial charge is 0.393 e. The quantitative estimate of drug-likeness (QED) is 0.831. The Morgan fingerprint density at radius 2 is 1.71 bits per heavy atom. The van der Waals surface area contributed by atoms with E-state index in [0.717, 1.165) is 43.7 Å². The summed E-state index contributed by atoms with van der Waals surface area (Å²) in [7, 11) is 0. The maximum absolute atomic E-state index is 13.0. The van der Waals surface area contributed by atoms with Crippen molar-refractivity contribution >= 4 is 5.91 Å². The van der Waals surface area contributed by atoms with Crippen LogP contribution in [0.4, 0.5) is 0 Å². The molecule has 1 saturated heterocycles. The third kappa shape index (κ3) is 3.12. The molecule has 4 aliphatic carbocycles. The molecule has 24 heavy (non-hydrogen) atoms. The molecule has 1 aliphatic heterocycles. The van der Waals surface area contributed by atoms with Gasteiger partial charge in [-0.15, -0.1) is 0 Å². The first kappa shape index (κ1) is 16.8. The monoisotopic (exact) mass is 334 g/mol. The van der Waals surface area contributed by atoms with Crippen LogP contribution in [0.15, 0.2) is 0 Å². The summed E-state index contributed by atoms with van der Waals surface area (Å²) in [5.74, 6) is 3.13. The van der Waals surface area contributed by atoms with Crippen molar-refractivity contribution < 1.29 is 9.90 Å². The molecule has 4 heteroatoms. The van der Waals surface area contributed by atoms with Crippen LogP contribution in [0.3, 0.4) is 0 Å². The molecule has 136 valence electrons. The first-order chi connectivity index (χ1) is 11.4. The number of aliphatic hydroxyl groups is 1. The lowest BCUT2D eigenvalue weighted by molar-refractivity contribution is -0.132. The molecule has 2 N–H and O–H groups in total. The van der Waals surface area contributed by atoms with Crippen molar-refractivity contribution in [1.82, 2.24) is 10.2 Å². The van der Waals surface area contributed by atoms with E-state index in [1.54, 1.807) is 0 Å². The number of rotatable bonds is 4. The van der Waals surface area contributed by atoms with Crippen molar-refractivity contribution in [2.75, 3.05) is 13.1 Å². The van der Waals surface area contributed by atoms with Gasteiger partial charge in [0.2, 0.25) is 5.91 Å². The van der Waals surface area contributed by atoms with E-state index in [2.05, 4.69) is 17.1 Å². The smallest absolute Gasteiger partial charge is 0.237 e. The van der Waals surface area contributed by atoms with Crippen LogP contribution in [0.25, 0.3) is 0 Å². The minimum absolute atomic E-state index is 0.0699. The lowest BCUT2D eigenvalue weighted by Crippen LogP contribution is -2.62. The summed E-state index contributed by atoms with van der Waals surface area (Å²) in [5.41, 5.74) is 0.111. The van der Waals surface area contributed by atoms with Crippen molar-refractivity contribution in [2.24, 2.45) is 23.7 Å². The van der Waals surface area contributed by atoms with Gasteiger partial charge in [-0.25, -0.2) is 0 Å². The Hall–Kier alpha value is -0.610. The first-order valence-corrected chi connectivity index (χ1v) is 10.2. The number of hydrogen-bond donors (Lipinski definition) is 2. The molecule has 4 saturated carbocycles. The van der Waals surface area contributed by atoms with E-state index >= 15 is 0 Å². The molecule has 4 bridgehead atoms. The van der Waals surface area contributed by atoms with Gasteiger partial charge in [0.1, 0.15) is 0 Å². The molecular weight excluding hydrogens is 300 g/mol. The fourth-order valence-corrected chi connectivity index (χ4v) is 6.58. The molecule has 3 atom stereocenters. The summed E-state index contributed by atoms with van der Waals surface area (Å²) in [4.78, 5) is 15.3. The van der Waals surface area contributed by atoms with Gasteiger partial charge in [-0.3, -0.25) is 9.69 Å². The fourth-order valence-electron chi connectivity index (χ4n) is 6.58. The number of carbonyl (C=O) groups is 1. The van der Waals surface area contributed by atoms with Gasteiger partial charge in [0.25, 0.3) is 0 Å². The second-order valence-corrected chi connectivity index (χ2v) is 9.50. The molecule has 0 spiro atoms. The van der Waals surface area contributed by atoms with Crippen molar-refractivity contribution in [2.45, 2.75) is 82.9 Å². The van der Waals surface area contributed by atoms with E-state index in [0.29, 0.717) is 5.92 Å². The Balaban J connectivity index is 1.39. The predicted molar refractivity (Wildman–Crippen MR) is 94.5 cm³/mol. The van der Waals surface area contributed by atoms with E-state index in [1.807, 2.05) is 6.92 Å². The maximum atomic E-state index is 13.0. The van der Waals surface area contributed by atoms with Gasteiger partial charge < -0.3 is 10.4 Å². The maximum Gasteiger partial charge on any atom is 0.237 e. The molecule has 4 nitrogen and oxygen atoms in total. The number of nitrogens with zero attached hydrogens (tertiary/aromatic N) is 1. The Bertz CT molecular complexity index is 455. The first-order valence-electron chi connectivity index (χ1n) is 10.2. The normalized spacial score (nSPS) is 44.3. The average molecular weight is 335 g/mol.